The van der Waals surface area contributed by atoms with Gasteiger partial charge in [-0.15, -0.1) is 11.6 Å². The highest BCUT2D eigenvalue weighted by molar-refractivity contribution is 6.20. The maximum absolute atomic E-state index is 11.8. The summed E-state index contributed by atoms with van der Waals surface area (Å²) in [6, 6.07) is 2.87. The predicted molar refractivity (Wildman–Crippen MR) is 64.2 cm³/mol. The average molecular weight is 256 g/mol. The highest BCUT2D eigenvalue weighted by atomic mass is 35.5. The molecule has 0 atom stereocenters. The first-order valence-electron chi connectivity index (χ1n) is 5.66. The van der Waals surface area contributed by atoms with E-state index in [1.54, 1.807) is 0 Å². The van der Waals surface area contributed by atoms with Crippen LogP contribution in [0.2, 0.25) is 0 Å². The van der Waals surface area contributed by atoms with Gasteiger partial charge in [0.25, 0.3) is 11.5 Å². The third-order valence-corrected chi connectivity index (χ3v) is 3.34. The van der Waals surface area contributed by atoms with E-state index >= 15 is 0 Å². The van der Waals surface area contributed by atoms with Crippen molar-refractivity contribution in [3.63, 3.8) is 0 Å². The maximum atomic E-state index is 11.8. The first-order valence-corrected chi connectivity index (χ1v) is 6.09. The zero-order valence-corrected chi connectivity index (χ0v) is 10.0. The summed E-state index contributed by atoms with van der Waals surface area (Å²) in [4.78, 5) is 22.6. The van der Waals surface area contributed by atoms with Crippen LogP contribution in [0.15, 0.2) is 16.9 Å². The SMILES string of the molecule is O=C(NC1CCC(Cl)CC1)c1ccc(=O)[nH]n1. The Bertz CT molecular complexity index is 432. The topological polar surface area (TPSA) is 74.8 Å². The molecule has 1 aliphatic carbocycles. The number of halogens is 1. The van der Waals surface area contributed by atoms with Crippen LogP contribution in [0.5, 0.6) is 0 Å². The molecule has 0 saturated heterocycles. The molecule has 1 aromatic heterocycles. The number of amides is 1. The van der Waals surface area contributed by atoms with Crippen LogP contribution in [0.1, 0.15) is 36.2 Å². The molecule has 2 rings (SSSR count). The van der Waals surface area contributed by atoms with E-state index in [-0.39, 0.29) is 28.6 Å². The van der Waals surface area contributed by atoms with Crippen LogP contribution in [0, 0.1) is 0 Å². The molecule has 1 aliphatic rings. The van der Waals surface area contributed by atoms with Crippen LogP contribution in [-0.2, 0) is 0 Å². The Morgan fingerprint density at radius 3 is 2.65 bits per heavy atom. The Morgan fingerprint density at radius 2 is 2.06 bits per heavy atom. The van der Waals surface area contributed by atoms with E-state index in [0.29, 0.717) is 0 Å². The van der Waals surface area contributed by atoms with E-state index in [4.69, 9.17) is 11.6 Å². The Labute approximate surface area is 104 Å². The summed E-state index contributed by atoms with van der Waals surface area (Å²) >= 11 is 5.99. The second-order valence-electron chi connectivity index (χ2n) is 4.23. The lowest BCUT2D eigenvalue weighted by atomic mass is 9.95. The van der Waals surface area contributed by atoms with Gasteiger partial charge in [-0.25, -0.2) is 5.10 Å². The second-order valence-corrected chi connectivity index (χ2v) is 4.85. The summed E-state index contributed by atoms with van der Waals surface area (Å²) in [5.74, 6) is -0.251. The van der Waals surface area contributed by atoms with Gasteiger partial charge < -0.3 is 5.32 Å². The van der Waals surface area contributed by atoms with Crippen molar-refractivity contribution in [3.8, 4) is 0 Å². The molecule has 1 saturated carbocycles. The average Bonchev–Trinajstić information content (AvgIpc) is 2.33. The molecule has 0 aliphatic heterocycles. The molecule has 0 radical (unpaired) electrons. The van der Waals surface area contributed by atoms with Gasteiger partial charge in [-0.1, -0.05) is 0 Å². The van der Waals surface area contributed by atoms with Gasteiger partial charge in [-0.05, 0) is 31.7 Å². The summed E-state index contributed by atoms with van der Waals surface area (Å²) in [5.41, 5.74) is -0.0817. The third kappa shape index (κ3) is 3.30. The molecule has 2 N–H and O–H groups in total. The Balaban J connectivity index is 1.93. The lowest BCUT2D eigenvalue weighted by Gasteiger charge is -2.25. The Hall–Kier alpha value is -1.36. The number of H-pyrrole nitrogens is 1. The van der Waals surface area contributed by atoms with E-state index in [1.165, 1.54) is 12.1 Å². The quantitative estimate of drug-likeness (QED) is 0.776. The summed E-state index contributed by atoms with van der Waals surface area (Å²) in [5, 5.41) is 9.04. The van der Waals surface area contributed by atoms with Crippen LogP contribution in [0.3, 0.4) is 0 Å². The Morgan fingerprint density at radius 1 is 1.35 bits per heavy atom. The third-order valence-electron chi connectivity index (χ3n) is 2.90. The largest absolute Gasteiger partial charge is 0.348 e. The van der Waals surface area contributed by atoms with Crippen LogP contribution < -0.4 is 10.9 Å². The van der Waals surface area contributed by atoms with Gasteiger partial charge in [0.2, 0.25) is 0 Å². The van der Waals surface area contributed by atoms with Crippen molar-refractivity contribution >= 4 is 17.5 Å². The van der Waals surface area contributed by atoms with E-state index in [1.807, 2.05) is 0 Å². The predicted octanol–water partition coefficient (Wildman–Crippen LogP) is 1.05. The zero-order valence-electron chi connectivity index (χ0n) is 9.28. The van der Waals surface area contributed by atoms with Gasteiger partial charge in [-0.3, -0.25) is 9.59 Å². The second kappa shape index (κ2) is 5.31. The summed E-state index contributed by atoms with van der Waals surface area (Å²) in [7, 11) is 0. The first kappa shape index (κ1) is 12.1. The van der Waals surface area contributed by atoms with E-state index < -0.39 is 0 Å². The lowest BCUT2D eigenvalue weighted by Crippen LogP contribution is -2.38. The normalized spacial score (nSPS) is 24.3. The highest BCUT2D eigenvalue weighted by Crippen LogP contribution is 2.22. The fraction of sp³-hybridized carbons (Fsp3) is 0.545. The van der Waals surface area contributed by atoms with Crippen molar-refractivity contribution in [2.45, 2.75) is 37.1 Å². The highest BCUT2D eigenvalue weighted by Gasteiger charge is 2.21. The van der Waals surface area contributed by atoms with E-state index in [0.717, 1.165) is 25.7 Å². The van der Waals surface area contributed by atoms with Crippen LogP contribution in [-0.4, -0.2) is 27.5 Å². The monoisotopic (exact) mass is 255 g/mol. The van der Waals surface area contributed by atoms with E-state index in [2.05, 4.69) is 15.5 Å². The molecule has 1 heterocycles. The summed E-state index contributed by atoms with van der Waals surface area (Å²) in [6.07, 6.45) is 3.63. The fourth-order valence-corrected chi connectivity index (χ4v) is 2.18. The molecule has 92 valence electrons. The molecule has 1 aromatic rings. The molecular formula is C11H14ClN3O2. The molecule has 5 nitrogen and oxygen atoms in total. The summed E-state index contributed by atoms with van der Waals surface area (Å²) < 4.78 is 0. The number of rotatable bonds is 2. The number of alkyl halides is 1. The zero-order chi connectivity index (χ0) is 12.3. The van der Waals surface area contributed by atoms with Gasteiger partial charge in [-0.2, -0.15) is 5.10 Å². The smallest absolute Gasteiger partial charge is 0.271 e. The van der Waals surface area contributed by atoms with Crippen molar-refractivity contribution in [2.24, 2.45) is 0 Å². The lowest BCUT2D eigenvalue weighted by molar-refractivity contribution is 0.0921. The molecule has 17 heavy (non-hydrogen) atoms. The number of aromatic nitrogens is 2. The minimum atomic E-state index is -0.316. The number of hydrogen-bond acceptors (Lipinski definition) is 3. The molecule has 6 heteroatoms. The minimum Gasteiger partial charge on any atom is -0.348 e. The van der Waals surface area contributed by atoms with Crippen LogP contribution >= 0.6 is 11.6 Å². The summed E-state index contributed by atoms with van der Waals surface area (Å²) in [6.45, 7) is 0. The number of aromatic amines is 1. The number of hydrogen-bond donors (Lipinski definition) is 2. The maximum Gasteiger partial charge on any atom is 0.271 e. The number of carbonyl (C=O) groups is 1. The molecular weight excluding hydrogens is 242 g/mol. The molecule has 1 amide bonds. The number of carbonyl (C=O) groups excluding carboxylic acids is 1. The van der Waals surface area contributed by atoms with Crippen LogP contribution in [0.4, 0.5) is 0 Å². The van der Waals surface area contributed by atoms with E-state index in [9.17, 15) is 9.59 Å². The molecule has 0 aromatic carbocycles. The van der Waals surface area contributed by atoms with Crippen LogP contribution in [0.25, 0.3) is 0 Å². The fourth-order valence-electron chi connectivity index (χ4n) is 1.93. The van der Waals surface area contributed by atoms with Crippen molar-refractivity contribution < 1.29 is 4.79 Å². The van der Waals surface area contributed by atoms with Gasteiger partial charge in [0.05, 0.1) is 0 Å². The standard InChI is InChI=1S/C11H14ClN3O2/c12-7-1-3-8(4-2-7)13-11(17)9-5-6-10(16)15-14-9/h5-8H,1-4H2,(H,13,17)(H,15,16). The van der Waals surface area contributed by atoms with Crippen molar-refractivity contribution in [3.05, 3.63) is 28.2 Å². The van der Waals surface area contributed by atoms with Crippen molar-refractivity contribution in [1.82, 2.24) is 15.5 Å². The number of nitrogens with zero attached hydrogens (tertiary/aromatic N) is 1. The first-order chi connectivity index (χ1) is 8.15. The van der Waals surface area contributed by atoms with Gasteiger partial charge in [0.15, 0.2) is 0 Å². The van der Waals surface area contributed by atoms with Crippen molar-refractivity contribution in [2.75, 3.05) is 0 Å². The Kier molecular flexibility index (Phi) is 3.78. The van der Waals surface area contributed by atoms with Gasteiger partial charge in [0, 0.05) is 17.5 Å². The molecule has 0 spiro atoms. The molecule has 1 fully saturated rings. The molecule has 0 unspecified atom stereocenters. The van der Waals surface area contributed by atoms with Gasteiger partial charge >= 0.3 is 0 Å². The van der Waals surface area contributed by atoms with Gasteiger partial charge in [0.1, 0.15) is 5.69 Å². The minimum absolute atomic E-state index is 0.159. The number of nitrogens with one attached hydrogen (secondary N) is 2. The molecule has 0 bridgehead atoms. The van der Waals surface area contributed by atoms with Crippen molar-refractivity contribution in [1.29, 1.82) is 0 Å².